The monoisotopic (exact) mass is 515 g/mol. The van der Waals surface area contributed by atoms with Crippen molar-refractivity contribution >= 4 is 41.3 Å². The number of hydrogen-bond donors (Lipinski definition) is 2. The summed E-state index contributed by atoms with van der Waals surface area (Å²) in [5.41, 5.74) is 2.22. The molecule has 28 heavy (non-hydrogen) atoms. The molecule has 6 nitrogen and oxygen atoms in total. The van der Waals surface area contributed by atoms with Crippen LogP contribution in [-0.2, 0) is 11.3 Å². The van der Waals surface area contributed by atoms with Crippen LogP contribution in [0.15, 0.2) is 35.5 Å². The predicted molar refractivity (Wildman–Crippen MR) is 127 cm³/mol. The Morgan fingerprint density at radius 3 is 2.68 bits per heavy atom. The minimum absolute atomic E-state index is 0. The number of rotatable bonds is 6. The number of thiophene rings is 1. The number of nitrogens with one attached hydrogen (secondary N) is 2. The fraction of sp³-hybridized carbons (Fsp3) is 0.500. The third kappa shape index (κ3) is 6.40. The van der Waals surface area contributed by atoms with Crippen LogP contribution in [0, 0.1) is 13.8 Å². The minimum Gasteiger partial charge on any atom is -0.379 e. The quantitative estimate of drug-likeness (QED) is 0.352. The maximum atomic E-state index is 5.53. The maximum Gasteiger partial charge on any atom is 0.191 e. The van der Waals surface area contributed by atoms with Crippen molar-refractivity contribution in [2.75, 3.05) is 39.9 Å². The van der Waals surface area contributed by atoms with Gasteiger partial charge in [0.15, 0.2) is 5.96 Å². The van der Waals surface area contributed by atoms with Crippen LogP contribution < -0.4 is 10.6 Å². The predicted octanol–water partition coefficient (Wildman–Crippen LogP) is 3.12. The van der Waals surface area contributed by atoms with Gasteiger partial charge in [0.25, 0.3) is 0 Å². The molecule has 0 spiro atoms. The zero-order valence-electron chi connectivity index (χ0n) is 16.8. The van der Waals surface area contributed by atoms with Crippen molar-refractivity contribution in [3.63, 3.8) is 0 Å². The normalized spacial score (nSPS) is 16.3. The number of guanidine groups is 1. The van der Waals surface area contributed by atoms with E-state index >= 15 is 0 Å². The average molecular weight is 515 g/mol. The van der Waals surface area contributed by atoms with E-state index in [2.05, 4.69) is 57.6 Å². The Morgan fingerprint density at radius 1 is 1.25 bits per heavy atom. The Bertz CT molecular complexity index is 761. The Hall–Kier alpha value is -1.23. The van der Waals surface area contributed by atoms with Gasteiger partial charge in [-0.05, 0) is 37.6 Å². The van der Waals surface area contributed by atoms with Crippen LogP contribution in [0.25, 0.3) is 0 Å². The van der Waals surface area contributed by atoms with Gasteiger partial charge < -0.3 is 15.4 Å². The van der Waals surface area contributed by atoms with Crippen molar-refractivity contribution < 1.29 is 4.74 Å². The molecular weight excluding hydrogens is 485 g/mol. The molecule has 2 N–H and O–H groups in total. The van der Waals surface area contributed by atoms with E-state index in [0.717, 1.165) is 44.5 Å². The molecule has 1 aliphatic rings. The third-order valence-corrected chi connectivity index (χ3v) is 5.91. The number of halogens is 1. The van der Waals surface area contributed by atoms with Crippen molar-refractivity contribution in [2.45, 2.75) is 26.4 Å². The molecule has 1 fully saturated rings. The van der Waals surface area contributed by atoms with E-state index in [1.165, 1.54) is 15.3 Å². The fourth-order valence-electron chi connectivity index (χ4n) is 3.22. The second-order valence-electron chi connectivity index (χ2n) is 6.69. The van der Waals surface area contributed by atoms with Gasteiger partial charge in [-0.1, -0.05) is 6.07 Å². The molecule has 3 heterocycles. The van der Waals surface area contributed by atoms with Crippen LogP contribution in [0.3, 0.4) is 0 Å². The van der Waals surface area contributed by atoms with E-state index in [0.29, 0.717) is 12.6 Å². The Morgan fingerprint density at radius 2 is 2.04 bits per heavy atom. The summed E-state index contributed by atoms with van der Waals surface area (Å²) in [6.45, 7) is 9.22. The van der Waals surface area contributed by atoms with Gasteiger partial charge in [-0.25, -0.2) is 0 Å². The molecule has 1 atom stereocenters. The molecule has 0 saturated carbocycles. The van der Waals surface area contributed by atoms with Crippen LogP contribution in [-0.4, -0.2) is 55.7 Å². The Labute approximate surface area is 188 Å². The molecule has 2 aromatic rings. The van der Waals surface area contributed by atoms with Crippen molar-refractivity contribution in [1.29, 1.82) is 0 Å². The van der Waals surface area contributed by atoms with Gasteiger partial charge in [0.1, 0.15) is 0 Å². The number of ether oxygens (including phenoxy) is 1. The molecule has 0 radical (unpaired) electrons. The number of aliphatic imine (C=N–C) groups is 1. The molecule has 1 unspecified atom stereocenters. The first kappa shape index (κ1) is 23.1. The maximum absolute atomic E-state index is 5.53. The average Bonchev–Trinajstić information content (AvgIpc) is 3.12. The molecule has 2 aromatic heterocycles. The zero-order chi connectivity index (χ0) is 19.1. The molecule has 154 valence electrons. The summed E-state index contributed by atoms with van der Waals surface area (Å²) >= 11 is 1.87. The van der Waals surface area contributed by atoms with E-state index in [1.54, 1.807) is 7.05 Å². The number of hydrogen-bond acceptors (Lipinski definition) is 5. The summed E-state index contributed by atoms with van der Waals surface area (Å²) in [5.74, 6) is 0.798. The van der Waals surface area contributed by atoms with Gasteiger partial charge in [0.2, 0.25) is 0 Å². The summed E-state index contributed by atoms with van der Waals surface area (Å²) in [4.78, 5) is 14.0. The topological polar surface area (TPSA) is 61.8 Å². The van der Waals surface area contributed by atoms with E-state index in [9.17, 15) is 0 Å². The highest BCUT2D eigenvalue weighted by atomic mass is 127. The first-order valence-corrected chi connectivity index (χ1v) is 10.2. The van der Waals surface area contributed by atoms with Gasteiger partial charge >= 0.3 is 0 Å². The lowest BCUT2D eigenvalue weighted by molar-refractivity contribution is 0.0177. The van der Waals surface area contributed by atoms with E-state index < -0.39 is 0 Å². The second-order valence-corrected chi connectivity index (χ2v) is 8.01. The minimum atomic E-state index is 0. The van der Waals surface area contributed by atoms with Crippen LogP contribution in [0.4, 0.5) is 0 Å². The zero-order valence-corrected chi connectivity index (χ0v) is 19.9. The van der Waals surface area contributed by atoms with E-state index in [1.807, 2.05) is 23.6 Å². The van der Waals surface area contributed by atoms with Gasteiger partial charge in [-0.3, -0.25) is 14.9 Å². The Kier molecular flexibility index (Phi) is 9.63. The highest BCUT2D eigenvalue weighted by Crippen LogP contribution is 2.27. The van der Waals surface area contributed by atoms with E-state index in [-0.39, 0.29) is 24.0 Å². The number of nitrogens with zero attached hydrogens (tertiary/aromatic N) is 3. The largest absolute Gasteiger partial charge is 0.379 e. The number of aromatic nitrogens is 1. The number of pyridine rings is 1. The van der Waals surface area contributed by atoms with Crippen molar-refractivity contribution in [3.8, 4) is 0 Å². The van der Waals surface area contributed by atoms with Crippen molar-refractivity contribution in [2.24, 2.45) is 4.99 Å². The number of morpholine rings is 1. The summed E-state index contributed by atoms with van der Waals surface area (Å²) in [6.07, 6.45) is 1.83. The summed E-state index contributed by atoms with van der Waals surface area (Å²) in [6, 6.07) is 8.80. The Balaban J connectivity index is 0.00000280. The van der Waals surface area contributed by atoms with Gasteiger partial charge in [-0.15, -0.1) is 35.3 Å². The van der Waals surface area contributed by atoms with Crippen molar-refractivity contribution in [3.05, 3.63) is 51.5 Å². The first-order chi connectivity index (χ1) is 13.2. The van der Waals surface area contributed by atoms with Gasteiger partial charge in [0.05, 0.1) is 31.5 Å². The third-order valence-electron chi connectivity index (χ3n) is 4.80. The molecule has 8 heteroatoms. The highest BCUT2D eigenvalue weighted by Gasteiger charge is 2.24. The van der Waals surface area contributed by atoms with Crippen LogP contribution in [0.2, 0.25) is 0 Å². The summed E-state index contributed by atoms with van der Waals surface area (Å²) < 4.78 is 5.53. The molecule has 0 aliphatic carbocycles. The molecule has 0 bridgehead atoms. The molecular formula is C20H30IN5OS. The highest BCUT2D eigenvalue weighted by molar-refractivity contribution is 14.0. The molecule has 1 aliphatic heterocycles. The molecule has 3 rings (SSSR count). The first-order valence-electron chi connectivity index (χ1n) is 9.40. The standard InChI is InChI=1S/C20H29N5OS.HI/c1-15-5-4-8-22-17(15)13-23-20(21-3)24-14-18(19-7-6-16(2)27-19)25-9-11-26-12-10-25;/h4-8,18H,9-14H2,1-3H3,(H2,21,23,24);1H. The fourth-order valence-corrected chi connectivity index (χ4v) is 4.23. The van der Waals surface area contributed by atoms with Crippen LogP contribution >= 0.6 is 35.3 Å². The van der Waals surface area contributed by atoms with E-state index in [4.69, 9.17) is 4.74 Å². The summed E-state index contributed by atoms with van der Waals surface area (Å²) in [7, 11) is 1.81. The lowest BCUT2D eigenvalue weighted by atomic mass is 10.2. The smallest absolute Gasteiger partial charge is 0.191 e. The molecule has 0 aromatic carbocycles. The molecule has 1 saturated heterocycles. The second kappa shape index (κ2) is 11.7. The van der Waals surface area contributed by atoms with Crippen molar-refractivity contribution in [1.82, 2.24) is 20.5 Å². The number of aryl methyl sites for hydroxylation is 2. The lowest BCUT2D eigenvalue weighted by Gasteiger charge is -2.34. The molecule has 0 amide bonds. The van der Waals surface area contributed by atoms with Crippen LogP contribution in [0.5, 0.6) is 0 Å². The van der Waals surface area contributed by atoms with Crippen LogP contribution in [0.1, 0.15) is 27.1 Å². The van der Waals surface area contributed by atoms with Gasteiger partial charge in [0, 0.05) is 42.6 Å². The SMILES string of the molecule is CN=C(NCc1ncccc1C)NCC(c1ccc(C)s1)N1CCOCC1.I. The lowest BCUT2D eigenvalue weighted by Crippen LogP contribution is -2.46. The summed E-state index contributed by atoms with van der Waals surface area (Å²) in [5, 5.41) is 6.88. The van der Waals surface area contributed by atoms with Gasteiger partial charge in [-0.2, -0.15) is 0 Å².